The Morgan fingerprint density at radius 2 is 1.73 bits per heavy atom. The van der Waals surface area contributed by atoms with Crippen molar-refractivity contribution >= 4 is 35.1 Å². The second kappa shape index (κ2) is 8.80. The number of urea groups is 1. The van der Waals surface area contributed by atoms with Crippen LogP contribution < -0.4 is 16.0 Å². The van der Waals surface area contributed by atoms with Gasteiger partial charge in [0.15, 0.2) is 0 Å². The van der Waals surface area contributed by atoms with Crippen molar-refractivity contribution in [3.05, 3.63) is 24.3 Å². The number of rotatable bonds is 7. The van der Waals surface area contributed by atoms with E-state index in [0.29, 0.717) is 30.1 Å². The summed E-state index contributed by atoms with van der Waals surface area (Å²) in [4.78, 5) is 51.4. The zero-order valence-electron chi connectivity index (χ0n) is 19.7. The van der Waals surface area contributed by atoms with E-state index in [1.807, 2.05) is 0 Å². The van der Waals surface area contributed by atoms with E-state index in [-0.39, 0.29) is 29.7 Å². The molecule has 33 heavy (non-hydrogen) atoms. The molecule has 3 N–H and O–H groups in total. The summed E-state index contributed by atoms with van der Waals surface area (Å²) in [5.74, 6) is -0.177. The van der Waals surface area contributed by atoms with Crippen molar-refractivity contribution in [1.82, 2.24) is 10.2 Å². The van der Waals surface area contributed by atoms with Crippen LogP contribution in [-0.2, 0) is 14.4 Å². The summed E-state index contributed by atoms with van der Waals surface area (Å²) < 4.78 is 0. The van der Waals surface area contributed by atoms with E-state index in [0.717, 1.165) is 37.0 Å². The molecule has 1 heterocycles. The Kier molecular flexibility index (Phi) is 6.20. The first-order valence-corrected chi connectivity index (χ1v) is 12.0. The standard InChI is InChI=1S/C25H34N4O4/c1-4-24(2,3)17-10-12-25(13-11-17)22(32)29(23(33)28-25)15-20(30)26-18-6-5-7-19(14-18)27-21(31)16-8-9-16/h5-7,14,16-17H,4,8-13,15H2,1-3H3,(H,26,30)(H,27,31)(H,28,33). The molecule has 2 saturated carbocycles. The highest BCUT2D eigenvalue weighted by molar-refractivity contribution is 6.10. The summed E-state index contributed by atoms with van der Waals surface area (Å²) in [5.41, 5.74) is 0.424. The molecule has 8 heteroatoms. The van der Waals surface area contributed by atoms with Crippen molar-refractivity contribution in [3.63, 3.8) is 0 Å². The molecule has 0 unspecified atom stereocenters. The van der Waals surface area contributed by atoms with E-state index in [1.165, 1.54) is 0 Å². The van der Waals surface area contributed by atoms with Crippen LogP contribution >= 0.6 is 0 Å². The maximum Gasteiger partial charge on any atom is 0.325 e. The fourth-order valence-corrected chi connectivity index (χ4v) is 4.95. The molecule has 0 aromatic heterocycles. The lowest BCUT2D eigenvalue weighted by molar-refractivity contribution is -0.135. The Labute approximate surface area is 194 Å². The highest BCUT2D eigenvalue weighted by Gasteiger charge is 2.53. The van der Waals surface area contributed by atoms with Gasteiger partial charge in [0, 0.05) is 17.3 Å². The second-order valence-electron chi connectivity index (χ2n) is 10.4. The normalized spacial score (nSPS) is 25.2. The fraction of sp³-hybridized carbons (Fsp3) is 0.600. The van der Waals surface area contributed by atoms with Gasteiger partial charge in [0.05, 0.1) is 0 Å². The van der Waals surface area contributed by atoms with Crippen LogP contribution in [0.1, 0.15) is 65.7 Å². The highest BCUT2D eigenvalue weighted by atomic mass is 16.2. The van der Waals surface area contributed by atoms with Gasteiger partial charge in [0.2, 0.25) is 11.8 Å². The van der Waals surface area contributed by atoms with Crippen molar-refractivity contribution in [2.75, 3.05) is 17.2 Å². The monoisotopic (exact) mass is 454 g/mol. The number of carbonyl (C=O) groups is 4. The van der Waals surface area contributed by atoms with Gasteiger partial charge in [-0.3, -0.25) is 19.3 Å². The highest BCUT2D eigenvalue weighted by Crippen LogP contribution is 2.45. The zero-order valence-corrected chi connectivity index (χ0v) is 19.7. The largest absolute Gasteiger partial charge is 0.326 e. The summed E-state index contributed by atoms with van der Waals surface area (Å²) in [5, 5.41) is 8.46. The minimum absolute atomic E-state index is 0.0137. The fourth-order valence-electron chi connectivity index (χ4n) is 4.95. The van der Waals surface area contributed by atoms with Gasteiger partial charge in [0.25, 0.3) is 5.91 Å². The van der Waals surface area contributed by atoms with E-state index >= 15 is 0 Å². The topological polar surface area (TPSA) is 108 Å². The molecular formula is C25H34N4O4. The van der Waals surface area contributed by atoms with Crippen LogP contribution in [-0.4, -0.2) is 40.7 Å². The van der Waals surface area contributed by atoms with Crippen molar-refractivity contribution in [2.24, 2.45) is 17.3 Å². The van der Waals surface area contributed by atoms with Crippen LogP contribution in [0.5, 0.6) is 0 Å². The molecule has 178 valence electrons. The van der Waals surface area contributed by atoms with E-state index < -0.39 is 17.5 Å². The van der Waals surface area contributed by atoms with Gasteiger partial charge in [-0.2, -0.15) is 0 Å². The summed E-state index contributed by atoms with van der Waals surface area (Å²) in [6.45, 7) is 6.36. The van der Waals surface area contributed by atoms with Crippen LogP contribution in [0, 0.1) is 17.3 Å². The molecule has 4 rings (SSSR count). The molecular weight excluding hydrogens is 420 g/mol. The van der Waals surface area contributed by atoms with Crippen LogP contribution in [0.25, 0.3) is 0 Å². The lowest BCUT2D eigenvalue weighted by atomic mass is 9.65. The van der Waals surface area contributed by atoms with Crippen LogP contribution in [0.4, 0.5) is 16.2 Å². The number of hydrogen-bond acceptors (Lipinski definition) is 4. The molecule has 2 aliphatic carbocycles. The molecule has 5 amide bonds. The molecule has 0 bridgehead atoms. The van der Waals surface area contributed by atoms with Gasteiger partial charge in [-0.1, -0.05) is 33.3 Å². The van der Waals surface area contributed by atoms with Gasteiger partial charge < -0.3 is 16.0 Å². The van der Waals surface area contributed by atoms with Crippen molar-refractivity contribution in [1.29, 1.82) is 0 Å². The Morgan fingerprint density at radius 3 is 2.33 bits per heavy atom. The first-order valence-electron chi connectivity index (χ1n) is 12.0. The maximum atomic E-state index is 13.2. The van der Waals surface area contributed by atoms with Crippen molar-refractivity contribution in [2.45, 2.75) is 71.3 Å². The summed E-state index contributed by atoms with van der Waals surface area (Å²) >= 11 is 0. The van der Waals surface area contributed by atoms with E-state index in [1.54, 1.807) is 24.3 Å². The molecule has 1 aliphatic heterocycles. The third-order valence-electron chi connectivity index (χ3n) is 7.77. The molecule has 3 aliphatic rings. The lowest BCUT2D eigenvalue weighted by Gasteiger charge is -2.42. The van der Waals surface area contributed by atoms with Crippen molar-refractivity contribution < 1.29 is 19.2 Å². The summed E-state index contributed by atoms with van der Waals surface area (Å²) in [7, 11) is 0. The number of nitrogens with zero attached hydrogens (tertiary/aromatic N) is 1. The number of hydrogen-bond donors (Lipinski definition) is 3. The number of imide groups is 1. The van der Waals surface area contributed by atoms with Gasteiger partial charge in [-0.15, -0.1) is 0 Å². The summed E-state index contributed by atoms with van der Waals surface area (Å²) in [6.07, 6.45) is 5.86. The predicted octanol–water partition coefficient (Wildman–Crippen LogP) is 3.89. The third kappa shape index (κ3) is 4.89. The zero-order chi connectivity index (χ0) is 23.8. The molecule has 0 radical (unpaired) electrons. The lowest BCUT2D eigenvalue weighted by Crippen LogP contribution is -2.51. The van der Waals surface area contributed by atoms with Crippen LogP contribution in [0.15, 0.2) is 24.3 Å². The van der Waals surface area contributed by atoms with Crippen molar-refractivity contribution in [3.8, 4) is 0 Å². The van der Waals surface area contributed by atoms with Crippen LogP contribution in [0.2, 0.25) is 0 Å². The first kappa shape index (κ1) is 23.3. The van der Waals surface area contributed by atoms with E-state index in [4.69, 9.17) is 0 Å². The number of nitrogens with one attached hydrogen (secondary N) is 3. The SMILES string of the molecule is CCC(C)(C)C1CCC2(CC1)NC(=O)N(CC(=O)Nc1cccc(NC(=O)C3CC3)c1)C2=O. The Balaban J connectivity index is 1.35. The quantitative estimate of drug-likeness (QED) is 0.543. The number of carbonyl (C=O) groups excluding carboxylic acids is 4. The smallest absolute Gasteiger partial charge is 0.325 e. The number of amides is 5. The van der Waals surface area contributed by atoms with Gasteiger partial charge in [0.1, 0.15) is 12.1 Å². The maximum absolute atomic E-state index is 13.2. The van der Waals surface area contributed by atoms with E-state index in [9.17, 15) is 19.2 Å². The molecule has 8 nitrogen and oxygen atoms in total. The molecule has 1 aromatic carbocycles. The molecule has 0 atom stereocenters. The van der Waals surface area contributed by atoms with Crippen LogP contribution in [0.3, 0.4) is 0 Å². The average molecular weight is 455 g/mol. The molecule has 3 fully saturated rings. The van der Waals surface area contributed by atoms with Gasteiger partial charge in [-0.25, -0.2) is 4.79 Å². The third-order valence-corrected chi connectivity index (χ3v) is 7.77. The number of anilines is 2. The Bertz CT molecular complexity index is 961. The van der Waals surface area contributed by atoms with Gasteiger partial charge >= 0.3 is 6.03 Å². The predicted molar refractivity (Wildman–Crippen MR) is 125 cm³/mol. The minimum Gasteiger partial charge on any atom is -0.326 e. The average Bonchev–Trinajstić information content (AvgIpc) is 3.60. The first-order chi connectivity index (χ1) is 15.6. The molecule has 1 saturated heterocycles. The minimum atomic E-state index is -0.884. The van der Waals surface area contributed by atoms with Gasteiger partial charge in [-0.05, 0) is 68.1 Å². The second-order valence-corrected chi connectivity index (χ2v) is 10.4. The molecule has 1 spiro atoms. The Morgan fingerprint density at radius 1 is 1.09 bits per heavy atom. The molecule has 1 aromatic rings. The van der Waals surface area contributed by atoms with E-state index in [2.05, 4.69) is 36.7 Å². The Hall–Kier alpha value is -2.90. The summed E-state index contributed by atoms with van der Waals surface area (Å²) in [6, 6.07) is 6.36. The number of benzene rings is 1.